The van der Waals surface area contributed by atoms with Crippen LogP contribution >= 0.6 is 22.6 Å². The molecule has 0 saturated heterocycles. The van der Waals surface area contributed by atoms with E-state index in [1.54, 1.807) is 12.1 Å². The number of H-pyrrole nitrogens is 1. The molecule has 0 bridgehead atoms. The average molecular weight is 291 g/mol. The summed E-state index contributed by atoms with van der Waals surface area (Å²) in [7, 11) is 1.52. The first-order valence-corrected chi connectivity index (χ1v) is 4.61. The smallest absolute Gasteiger partial charge is 0.350 e. The Labute approximate surface area is 86.9 Å². The van der Waals surface area contributed by atoms with Crippen molar-refractivity contribution in [3.8, 4) is 5.88 Å². The van der Waals surface area contributed by atoms with E-state index in [9.17, 15) is 4.79 Å². The van der Waals surface area contributed by atoms with Crippen molar-refractivity contribution >= 4 is 28.2 Å². The number of fused-ring (bicyclic) bond motifs is 1. The van der Waals surface area contributed by atoms with Crippen molar-refractivity contribution in [3.05, 3.63) is 26.2 Å². The predicted molar refractivity (Wildman–Crippen MR) is 55.1 cm³/mol. The lowest BCUT2D eigenvalue weighted by Gasteiger charge is -2.01. The van der Waals surface area contributed by atoms with E-state index in [1.165, 1.54) is 11.5 Å². The van der Waals surface area contributed by atoms with E-state index >= 15 is 0 Å². The van der Waals surface area contributed by atoms with Gasteiger partial charge < -0.3 is 4.74 Å². The maximum atomic E-state index is 11.2. The van der Waals surface area contributed by atoms with E-state index in [1.807, 2.05) is 0 Å². The number of ether oxygens (including phenoxy) is 1. The van der Waals surface area contributed by atoms with Crippen LogP contribution in [0.15, 0.2) is 16.9 Å². The van der Waals surface area contributed by atoms with Gasteiger partial charge in [-0.05, 0) is 28.7 Å². The predicted octanol–water partition coefficient (Wildman–Crippen LogP) is 0.636. The lowest BCUT2D eigenvalue weighted by Crippen LogP contribution is -2.11. The molecule has 0 amide bonds. The van der Waals surface area contributed by atoms with Crippen molar-refractivity contribution in [2.45, 2.75) is 0 Å². The normalized spacial score (nSPS) is 10.6. The zero-order chi connectivity index (χ0) is 9.42. The Morgan fingerprint density at radius 1 is 1.62 bits per heavy atom. The lowest BCUT2D eigenvalue weighted by atomic mass is 10.4. The fourth-order valence-corrected chi connectivity index (χ4v) is 1.66. The van der Waals surface area contributed by atoms with Crippen LogP contribution in [0.1, 0.15) is 0 Å². The first-order valence-electron chi connectivity index (χ1n) is 3.53. The Balaban J connectivity index is 2.93. The Morgan fingerprint density at radius 3 is 3.08 bits per heavy atom. The van der Waals surface area contributed by atoms with Gasteiger partial charge in [-0.3, -0.25) is 0 Å². The Kier molecular flexibility index (Phi) is 1.98. The highest BCUT2D eigenvalue weighted by Gasteiger charge is 2.06. The van der Waals surface area contributed by atoms with Gasteiger partial charge >= 0.3 is 5.69 Å². The van der Waals surface area contributed by atoms with E-state index in [-0.39, 0.29) is 5.69 Å². The summed E-state index contributed by atoms with van der Waals surface area (Å²) in [5, 5.41) is 6.18. The average Bonchev–Trinajstić information content (AvgIpc) is 2.46. The van der Waals surface area contributed by atoms with Crippen LogP contribution in [0, 0.1) is 3.57 Å². The molecular weight excluding hydrogens is 285 g/mol. The van der Waals surface area contributed by atoms with E-state index in [4.69, 9.17) is 4.74 Å². The minimum atomic E-state index is -0.289. The maximum absolute atomic E-state index is 11.2. The van der Waals surface area contributed by atoms with Crippen LogP contribution in [0.3, 0.4) is 0 Å². The summed E-state index contributed by atoms with van der Waals surface area (Å²) in [6.07, 6.45) is 0. The van der Waals surface area contributed by atoms with Crippen molar-refractivity contribution in [3.63, 3.8) is 0 Å². The maximum Gasteiger partial charge on any atom is 0.350 e. The minimum absolute atomic E-state index is 0.289. The van der Waals surface area contributed by atoms with Gasteiger partial charge in [0, 0.05) is 9.64 Å². The molecule has 0 spiro atoms. The van der Waals surface area contributed by atoms with Gasteiger partial charge in [-0.1, -0.05) is 0 Å². The summed E-state index contributed by atoms with van der Waals surface area (Å²) < 4.78 is 7.40. The van der Waals surface area contributed by atoms with Crippen LogP contribution in [-0.4, -0.2) is 21.7 Å². The number of rotatable bonds is 1. The highest BCUT2D eigenvalue weighted by Crippen LogP contribution is 2.15. The van der Waals surface area contributed by atoms with Crippen LogP contribution < -0.4 is 10.4 Å². The Bertz CT molecular complexity index is 502. The molecule has 2 rings (SSSR count). The van der Waals surface area contributed by atoms with Gasteiger partial charge in [-0.25, -0.2) is 14.3 Å². The summed E-state index contributed by atoms with van der Waals surface area (Å²) in [5.41, 5.74) is 0.275. The molecule has 13 heavy (non-hydrogen) atoms. The number of methoxy groups -OCH3 is 1. The molecule has 2 aromatic rings. The molecular formula is C7H6IN3O2. The molecule has 0 aliphatic heterocycles. The van der Waals surface area contributed by atoms with Gasteiger partial charge in [0.1, 0.15) is 0 Å². The van der Waals surface area contributed by atoms with Crippen LogP contribution in [-0.2, 0) is 0 Å². The molecule has 0 atom stereocenters. The fourth-order valence-electron chi connectivity index (χ4n) is 1.12. The number of aromatic amines is 1. The number of pyridine rings is 1. The van der Waals surface area contributed by atoms with E-state index < -0.39 is 0 Å². The van der Waals surface area contributed by atoms with Gasteiger partial charge in [-0.2, -0.15) is 5.10 Å². The summed E-state index contributed by atoms with van der Waals surface area (Å²) in [5.74, 6) is 0.487. The number of halogens is 1. The first-order chi connectivity index (χ1) is 6.22. The standard InChI is InChI=1S/C7H6IN3O2/c1-13-6-3-4(8)2-5-9-10-7(12)11(5)6/h2-3H,1H3,(H,10,12). The summed E-state index contributed by atoms with van der Waals surface area (Å²) in [4.78, 5) is 11.2. The number of hydrogen-bond donors (Lipinski definition) is 1. The van der Waals surface area contributed by atoms with Crippen molar-refractivity contribution in [2.24, 2.45) is 0 Å². The van der Waals surface area contributed by atoms with Gasteiger partial charge in [0.25, 0.3) is 0 Å². The molecule has 0 saturated carbocycles. The third kappa shape index (κ3) is 1.30. The van der Waals surface area contributed by atoms with Crippen LogP contribution in [0.5, 0.6) is 5.88 Å². The van der Waals surface area contributed by atoms with E-state index in [0.717, 1.165) is 3.57 Å². The van der Waals surface area contributed by atoms with Gasteiger partial charge in [-0.15, -0.1) is 0 Å². The van der Waals surface area contributed by atoms with Crippen molar-refractivity contribution in [1.82, 2.24) is 14.6 Å². The lowest BCUT2D eigenvalue weighted by molar-refractivity contribution is 0.390. The second kappa shape index (κ2) is 3.02. The van der Waals surface area contributed by atoms with E-state index in [0.29, 0.717) is 11.5 Å². The number of nitrogens with one attached hydrogen (secondary N) is 1. The van der Waals surface area contributed by atoms with Gasteiger partial charge in [0.2, 0.25) is 5.88 Å². The zero-order valence-corrected chi connectivity index (χ0v) is 8.90. The highest BCUT2D eigenvalue weighted by molar-refractivity contribution is 14.1. The quantitative estimate of drug-likeness (QED) is 0.784. The SMILES string of the molecule is COc1cc(I)cc2n[nH]c(=O)n12. The Hall–Kier alpha value is -1.05. The molecule has 1 N–H and O–H groups in total. The number of hydrogen-bond acceptors (Lipinski definition) is 3. The third-order valence-corrected chi connectivity index (χ3v) is 2.28. The molecule has 2 heterocycles. The Morgan fingerprint density at radius 2 is 2.38 bits per heavy atom. The van der Waals surface area contributed by atoms with Gasteiger partial charge in [0.15, 0.2) is 5.65 Å². The molecule has 0 radical (unpaired) electrons. The number of nitrogens with zero attached hydrogens (tertiary/aromatic N) is 2. The molecule has 2 aromatic heterocycles. The minimum Gasteiger partial charge on any atom is -0.482 e. The van der Waals surface area contributed by atoms with E-state index in [2.05, 4.69) is 32.8 Å². The molecule has 0 aliphatic carbocycles. The largest absolute Gasteiger partial charge is 0.482 e. The first kappa shape index (κ1) is 8.54. The van der Waals surface area contributed by atoms with Crippen LogP contribution in [0.4, 0.5) is 0 Å². The molecule has 68 valence electrons. The molecule has 0 unspecified atom stereocenters. The number of aromatic nitrogens is 3. The van der Waals surface area contributed by atoms with Crippen LogP contribution in [0.2, 0.25) is 0 Å². The third-order valence-electron chi connectivity index (χ3n) is 1.66. The monoisotopic (exact) mass is 291 g/mol. The topological polar surface area (TPSA) is 59.4 Å². The molecule has 0 fully saturated rings. The van der Waals surface area contributed by atoms with Crippen molar-refractivity contribution < 1.29 is 4.74 Å². The molecule has 5 nitrogen and oxygen atoms in total. The van der Waals surface area contributed by atoms with Gasteiger partial charge in [0.05, 0.1) is 7.11 Å². The zero-order valence-electron chi connectivity index (χ0n) is 6.74. The second-order valence-corrected chi connectivity index (χ2v) is 3.68. The molecule has 0 aromatic carbocycles. The summed E-state index contributed by atoms with van der Waals surface area (Å²) in [6.45, 7) is 0. The van der Waals surface area contributed by atoms with Crippen molar-refractivity contribution in [1.29, 1.82) is 0 Å². The summed E-state index contributed by atoms with van der Waals surface area (Å²) >= 11 is 2.14. The highest BCUT2D eigenvalue weighted by atomic mass is 127. The van der Waals surface area contributed by atoms with Crippen molar-refractivity contribution in [2.75, 3.05) is 7.11 Å². The van der Waals surface area contributed by atoms with Crippen LogP contribution in [0.25, 0.3) is 5.65 Å². The summed E-state index contributed by atoms with van der Waals surface area (Å²) in [6, 6.07) is 3.56. The molecule has 0 aliphatic rings. The molecule has 6 heteroatoms. The fraction of sp³-hybridized carbons (Fsp3) is 0.143. The second-order valence-electron chi connectivity index (χ2n) is 2.44.